The predicted molar refractivity (Wildman–Crippen MR) is 64.1 cm³/mol. The highest BCUT2D eigenvalue weighted by atomic mass is 35.5. The molecule has 1 atom stereocenters. The minimum atomic E-state index is -0.911. The van der Waals surface area contributed by atoms with E-state index in [2.05, 4.69) is 0 Å². The average Bonchev–Trinajstić information content (AvgIpc) is 2.20. The second-order valence-corrected chi connectivity index (χ2v) is 4.65. The Kier molecular flexibility index (Phi) is 3.38. The molecular weight excluding hydrogens is 249 g/mol. The van der Waals surface area contributed by atoms with Gasteiger partial charge in [-0.15, -0.1) is 0 Å². The van der Waals surface area contributed by atoms with Gasteiger partial charge in [0, 0.05) is 22.3 Å². The van der Waals surface area contributed by atoms with E-state index < -0.39 is 6.10 Å². The first-order valence-corrected chi connectivity index (χ1v) is 5.79. The normalized spacial score (nSPS) is 21.3. The number of hydrogen-bond acceptors (Lipinski definition) is 2. The van der Waals surface area contributed by atoms with Crippen molar-refractivity contribution in [1.29, 1.82) is 0 Å². The molecule has 0 saturated carbocycles. The van der Waals surface area contributed by atoms with Crippen LogP contribution in [0, 0.1) is 0 Å². The van der Waals surface area contributed by atoms with Crippen molar-refractivity contribution < 1.29 is 9.90 Å². The maximum absolute atomic E-state index is 11.7. The van der Waals surface area contributed by atoms with Crippen molar-refractivity contribution in [2.24, 2.45) is 0 Å². The van der Waals surface area contributed by atoms with Gasteiger partial charge in [0.1, 0.15) is 6.10 Å². The van der Waals surface area contributed by atoms with E-state index >= 15 is 0 Å². The molecule has 86 valence electrons. The molecular formula is C11H11Cl2NO2. The summed E-state index contributed by atoms with van der Waals surface area (Å²) in [7, 11) is 0. The Morgan fingerprint density at radius 2 is 1.88 bits per heavy atom. The molecule has 1 aliphatic rings. The number of amides is 1. The highest BCUT2D eigenvalue weighted by molar-refractivity contribution is 6.35. The molecule has 1 saturated heterocycles. The third kappa shape index (κ3) is 2.32. The van der Waals surface area contributed by atoms with Crippen molar-refractivity contribution in [1.82, 2.24) is 0 Å². The number of rotatable bonds is 1. The zero-order valence-corrected chi connectivity index (χ0v) is 10.0. The van der Waals surface area contributed by atoms with Crippen LogP contribution in [0.25, 0.3) is 0 Å². The fourth-order valence-electron chi connectivity index (χ4n) is 1.81. The lowest BCUT2D eigenvalue weighted by Crippen LogP contribution is -2.44. The molecule has 0 aliphatic carbocycles. The van der Waals surface area contributed by atoms with Crippen LogP contribution in [-0.2, 0) is 4.79 Å². The van der Waals surface area contributed by atoms with Crippen LogP contribution in [0.5, 0.6) is 0 Å². The van der Waals surface area contributed by atoms with Crippen molar-refractivity contribution in [2.45, 2.75) is 18.9 Å². The summed E-state index contributed by atoms with van der Waals surface area (Å²) in [5.41, 5.74) is 0.640. The minimum absolute atomic E-state index is 0.287. The zero-order valence-electron chi connectivity index (χ0n) is 8.49. The summed E-state index contributed by atoms with van der Waals surface area (Å²) in [5.74, 6) is -0.287. The molecule has 2 rings (SSSR count). The van der Waals surface area contributed by atoms with E-state index in [0.717, 1.165) is 6.42 Å². The molecule has 1 amide bonds. The van der Waals surface area contributed by atoms with Crippen molar-refractivity contribution in [2.75, 3.05) is 11.4 Å². The maximum atomic E-state index is 11.7. The standard InChI is InChI=1S/C11H11Cl2NO2/c12-7-4-8(13)6-9(5-7)14-3-1-2-10(15)11(14)16/h4-6,10,15H,1-3H2. The van der Waals surface area contributed by atoms with Gasteiger partial charge in [-0.05, 0) is 31.0 Å². The van der Waals surface area contributed by atoms with Crippen LogP contribution in [0.2, 0.25) is 10.0 Å². The Balaban J connectivity index is 2.32. The molecule has 0 bridgehead atoms. The van der Waals surface area contributed by atoms with Crippen LogP contribution in [0.4, 0.5) is 5.69 Å². The molecule has 0 radical (unpaired) electrons. The predicted octanol–water partition coefficient (Wildman–Crippen LogP) is 2.48. The van der Waals surface area contributed by atoms with E-state index in [4.69, 9.17) is 23.2 Å². The lowest BCUT2D eigenvalue weighted by atomic mass is 10.1. The maximum Gasteiger partial charge on any atom is 0.255 e. The highest BCUT2D eigenvalue weighted by Crippen LogP contribution is 2.28. The fraction of sp³-hybridized carbons (Fsp3) is 0.364. The van der Waals surface area contributed by atoms with E-state index in [1.165, 1.54) is 4.90 Å². The minimum Gasteiger partial charge on any atom is -0.383 e. The van der Waals surface area contributed by atoms with Crippen LogP contribution in [0.1, 0.15) is 12.8 Å². The first-order chi connectivity index (χ1) is 7.58. The molecule has 1 aromatic rings. The Hall–Kier alpha value is -0.770. The van der Waals surface area contributed by atoms with Crippen molar-refractivity contribution in [3.63, 3.8) is 0 Å². The number of hydrogen-bond donors (Lipinski definition) is 1. The number of aliphatic hydroxyl groups is 1. The lowest BCUT2D eigenvalue weighted by Gasteiger charge is -2.30. The molecule has 3 nitrogen and oxygen atoms in total. The van der Waals surface area contributed by atoms with Crippen molar-refractivity contribution >= 4 is 34.8 Å². The monoisotopic (exact) mass is 259 g/mol. The molecule has 0 spiro atoms. The Bertz CT molecular complexity index is 402. The second-order valence-electron chi connectivity index (χ2n) is 3.78. The van der Waals surface area contributed by atoms with E-state index in [1.54, 1.807) is 18.2 Å². The number of aliphatic hydroxyl groups excluding tert-OH is 1. The Morgan fingerprint density at radius 1 is 1.25 bits per heavy atom. The van der Waals surface area contributed by atoms with Gasteiger partial charge in [-0.25, -0.2) is 0 Å². The topological polar surface area (TPSA) is 40.5 Å². The van der Waals surface area contributed by atoms with Crippen LogP contribution in [0.3, 0.4) is 0 Å². The molecule has 1 aromatic carbocycles. The molecule has 1 heterocycles. The van der Waals surface area contributed by atoms with Gasteiger partial charge in [0.05, 0.1) is 0 Å². The number of piperidine rings is 1. The van der Waals surface area contributed by atoms with Gasteiger partial charge in [-0.1, -0.05) is 23.2 Å². The molecule has 1 aliphatic heterocycles. The van der Waals surface area contributed by atoms with Gasteiger partial charge in [0.25, 0.3) is 5.91 Å². The Morgan fingerprint density at radius 3 is 2.50 bits per heavy atom. The summed E-state index contributed by atoms with van der Waals surface area (Å²) in [5, 5.41) is 10.5. The SMILES string of the molecule is O=C1C(O)CCCN1c1cc(Cl)cc(Cl)c1. The van der Waals surface area contributed by atoms with Crippen LogP contribution >= 0.6 is 23.2 Å². The smallest absolute Gasteiger partial charge is 0.255 e. The number of anilines is 1. The third-order valence-electron chi connectivity index (χ3n) is 2.57. The summed E-state index contributed by atoms with van der Waals surface area (Å²) in [6.45, 7) is 0.590. The molecule has 1 fully saturated rings. The van der Waals surface area contributed by atoms with Gasteiger partial charge >= 0.3 is 0 Å². The van der Waals surface area contributed by atoms with Gasteiger partial charge in [0.2, 0.25) is 0 Å². The number of carbonyl (C=O) groups excluding carboxylic acids is 1. The number of halogens is 2. The number of nitrogens with zero attached hydrogens (tertiary/aromatic N) is 1. The van der Waals surface area contributed by atoms with Gasteiger partial charge in [-0.3, -0.25) is 4.79 Å². The fourth-order valence-corrected chi connectivity index (χ4v) is 2.32. The van der Waals surface area contributed by atoms with Gasteiger partial charge in [0.15, 0.2) is 0 Å². The number of benzene rings is 1. The van der Waals surface area contributed by atoms with E-state index in [1.807, 2.05) is 0 Å². The average molecular weight is 260 g/mol. The van der Waals surface area contributed by atoms with Crippen LogP contribution < -0.4 is 4.90 Å². The molecule has 1 unspecified atom stereocenters. The largest absolute Gasteiger partial charge is 0.383 e. The zero-order chi connectivity index (χ0) is 11.7. The summed E-state index contributed by atoms with van der Waals surface area (Å²) in [6, 6.07) is 4.95. The Labute approximate surface area is 104 Å². The van der Waals surface area contributed by atoms with Gasteiger partial charge in [-0.2, -0.15) is 0 Å². The first-order valence-electron chi connectivity index (χ1n) is 5.03. The quantitative estimate of drug-likeness (QED) is 0.842. The number of carbonyl (C=O) groups is 1. The summed E-state index contributed by atoms with van der Waals surface area (Å²) >= 11 is 11.7. The second kappa shape index (κ2) is 4.62. The van der Waals surface area contributed by atoms with Gasteiger partial charge < -0.3 is 10.0 Å². The van der Waals surface area contributed by atoms with Crippen molar-refractivity contribution in [3.05, 3.63) is 28.2 Å². The molecule has 1 N–H and O–H groups in total. The first kappa shape index (κ1) is 11.7. The van der Waals surface area contributed by atoms with E-state index in [0.29, 0.717) is 28.7 Å². The third-order valence-corrected chi connectivity index (χ3v) is 3.01. The van der Waals surface area contributed by atoms with E-state index in [-0.39, 0.29) is 5.91 Å². The summed E-state index contributed by atoms with van der Waals surface area (Å²) < 4.78 is 0. The van der Waals surface area contributed by atoms with Crippen LogP contribution in [0.15, 0.2) is 18.2 Å². The van der Waals surface area contributed by atoms with E-state index in [9.17, 15) is 9.90 Å². The lowest BCUT2D eigenvalue weighted by molar-refractivity contribution is -0.128. The molecule has 0 aromatic heterocycles. The molecule has 16 heavy (non-hydrogen) atoms. The summed E-state index contributed by atoms with van der Waals surface area (Å²) in [4.78, 5) is 13.3. The highest BCUT2D eigenvalue weighted by Gasteiger charge is 2.27. The summed E-state index contributed by atoms with van der Waals surface area (Å²) in [6.07, 6.45) is 0.382. The van der Waals surface area contributed by atoms with Crippen molar-refractivity contribution in [3.8, 4) is 0 Å². The molecule has 5 heteroatoms. The van der Waals surface area contributed by atoms with Crippen LogP contribution in [-0.4, -0.2) is 23.7 Å².